The van der Waals surface area contributed by atoms with Gasteiger partial charge in [0.05, 0.1) is 17.3 Å². The summed E-state index contributed by atoms with van der Waals surface area (Å²) in [5.74, 6) is 0. The molecule has 17 heavy (non-hydrogen) atoms. The summed E-state index contributed by atoms with van der Waals surface area (Å²) < 4.78 is 0. The number of nitrogens with two attached hydrogens (primary N) is 1. The van der Waals surface area contributed by atoms with E-state index in [2.05, 4.69) is 32.0 Å². The minimum Gasteiger partial charge on any atom is -0.397 e. The molecule has 0 aliphatic heterocycles. The van der Waals surface area contributed by atoms with Gasteiger partial charge in [0.15, 0.2) is 0 Å². The van der Waals surface area contributed by atoms with Crippen molar-refractivity contribution in [1.29, 1.82) is 5.26 Å². The van der Waals surface area contributed by atoms with E-state index in [1.54, 1.807) is 0 Å². The number of aryl methyl sites for hydroxylation is 3. The van der Waals surface area contributed by atoms with Crippen LogP contribution in [0.3, 0.4) is 0 Å². The Labute approximate surface area is 104 Å². The Bertz CT molecular complexity index is 467. The Kier molecular flexibility index (Phi) is 4.34. The molecule has 2 N–H and O–H groups in total. The normalized spacial score (nSPS) is 11.9. The third kappa shape index (κ3) is 2.88. The molecule has 0 spiro atoms. The maximum atomic E-state index is 9.14. The smallest absolute Gasteiger partial charge is 0.0968 e. The van der Waals surface area contributed by atoms with Crippen molar-refractivity contribution in [2.24, 2.45) is 5.73 Å². The Morgan fingerprint density at radius 1 is 1.24 bits per heavy atom. The molecule has 2 nitrogen and oxygen atoms in total. The van der Waals surface area contributed by atoms with Crippen molar-refractivity contribution >= 4 is 5.70 Å². The maximum absolute atomic E-state index is 9.14. The van der Waals surface area contributed by atoms with Crippen molar-refractivity contribution in [2.45, 2.75) is 40.5 Å². The highest BCUT2D eigenvalue weighted by molar-refractivity contribution is 5.73. The van der Waals surface area contributed by atoms with Gasteiger partial charge in [-0.15, -0.1) is 0 Å². The van der Waals surface area contributed by atoms with Crippen molar-refractivity contribution in [2.75, 3.05) is 0 Å². The average molecular weight is 228 g/mol. The largest absolute Gasteiger partial charge is 0.397 e. The Morgan fingerprint density at radius 3 is 2.18 bits per heavy atom. The second-order valence-electron chi connectivity index (χ2n) is 4.53. The molecule has 0 unspecified atom stereocenters. The molecule has 0 radical (unpaired) electrons. The fourth-order valence-electron chi connectivity index (χ4n) is 2.26. The van der Waals surface area contributed by atoms with Gasteiger partial charge in [-0.2, -0.15) is 5.26 Å². The monoisotopic (exact) mass is 228 g/mol. The molecule has 1 rings (SSSR count). The Morgan fingerprint density at radius 2 is 1.76 bits per heavy atom. The quantitative estimate of drug-likeness (QED) is 0.803. The Balaban J connectivity index is 3.39. The minimum atomic E-state index is 0.643. The van der Waals surface area contributed by atoms with Crippen molar-refractivity contribution in [3.05, 3.63) is 40.0 Å². The zero-order valence-electron chi connectivity index (χ0n) is 11.1. The predicted molar refractivity (Wildman–Crippen MR) is 72.3 cm³/mol. The van der Waals surface area contributed by atoms with Crippen LogP contribution >= 0.6 is 0 Å². The van der Waals surface area contributed by atoms with Gasteiger partial charge < -0.3 is 5.73 Å². The second-order valence-corrected chi connectivity index (χ2v) is 4.53. The van der Waals surface area contributed by atoms with Crippen LogP contribution in [0.1, 0.15) is 42.0 Å². The molecular weight excluding hydrogens is 208 g/mol. The van der Waals surface area contributed by atoms with Gasteiger partial charge in [-0.3, -0.25) is 0 Å². The van der Waals surface area contributed by atoms with Gasteiger partial charge in [-0.25, -0.2) is 0 Å². The molecule has 0 aliphatic rings. The number of nitriles is 1. The molecule has 0 aromatic heterocycles. The molecule has 0 saturated heterocycles. The summed E-state index contributed by atoms with van der Waals surface area (Å²) in [6.07, 6.45) is 1.68. The minimum absolute atomic E-state index is 0.643. The van der Waals surface area contributed by atoms with E-state index in [1.807, 2.05) is 13.8 Å². The molecule has 90 valence electrons. The van der Waals surface area contributed by atoms with Crippen LogP contribution < -0.4 is 5.73 Å². The number of nitrogens with zero attached hydrogens (tertiary/aromatic N) is 1. The van der Waals surface area contributed by atoms with Gasteiger partial charge >= 0.3 is 0 Å². The molecule has 0 amide bonds. The Hall–Kier alpha value is -1.75. The number of rotatable bonds is 3. The van der Waals surface area contributed by atoms with Crippen molar-refractivity contribution < 1.29 is 0 Å². The topological polar surface area (TPSA) is 49.8 Å². The highest BCUT2D eigenvalue weighted by Gasteiger charge is 2.10. The molecule has 1 aromatic carbocycles. The van der Waals surface area contributed by atoms with Gasteiger partial charge in [0, 0.05) is 5.56 Å². The highest BCUT2D eigenvalue weighted by Crippen LogP contribution is 2.24. The van der Waals surface area contributed by atoms with E-state index >= 15 is 0 Å². The first-order valence-corrected chi connectivity index (χ1v) is 5.98. The summed E-state index contributed by atoms with van der Waals surface area (Å²) in [7, 11) is 0. The van der Waals surface area contributed by atoms with E-state index in [0.29, 0.717) is 11.3 Å². The zero-order valence-corrected chi connectivity index (χ0v) is 11.1. The molecule has 2 heteroatoms. The maximum Gasteiger partial charge on any atom is 0.0968 e. The lowest BCUT2D eigenvalue weighted by atomic mass is 9.94. The van der Waals surface area contributed by atoms with E-state index in [9.17, 15) is 0 Å². The molecule has 0 heterocycles. The highest BCUT2D eigenvalue weighted by atomic mass is 14.6. The molecule has 0 atom stereocenters. The summed E-state index contributed by atoms with van der Waals surface area (Å²) in [6, 6.07) is 6.44. The van der Waals surface area contributed by atoms with E-state index in [-0.39, 0.29) is 0 Å². The fourth-order valence-corrected chi connectivity index (χ4v) is 2.26. The summed E-state index contributed by atoms with van der Waals surface area (Å²) in [5.41, 5.74) is 12.0. The van der Waals surface area contributed by atoms with Gasteiger partial charge in [0.25, 0.3) is 0 Å². The lowest BCUT2D eigenvalue weighted by molar-refractivity contribution is 0.928. The van der Waals surface area contributed by atoms with E-state index in [1.165, 1.54) is 5.56 Å². The van der Waals surface area contributed by atoms with Gasteiger partial charge in [0.2, 0.25) is 0 Å². The van der Waals surface area contributed by atoms with Crippen LogP contribution in [0.4, 0.5) is 0 Å². The zero-order chi connectivity index (χ0) is 13.0. The van der Waals surface area contributed by atoms with E-state index in [4.69, 9.17) is 11.0 Å². The predicted octanol–water partition coefficient (Wildman–Crippen LogP) is 3.61. The first-order chi connectivity index (χ1) is 8.01. The van der Waals surface area contributed by atoms with Crippen LogP contribution in [0.25, 0.3) is 5.70 Å². The van der Waals surface area contributed by atoms with Crippen LogP contribution in [0.15, 0.2) is 17.7 Å². The molecule has 0 aliphatic carbocycles. The van der Waals surface area contributed by atoms with Crippen LogP contribution in [0, 0.1) is 32.1 Å². The van der Waals surface area contributed by atoms with Gasteiger partial charge in [-0.05, 0) is 38.3 Å². The van der Waals surface area contributed by atoms with Crippen LogP contribution in [-0.4, -0.2) is 0 Å². The first kappa shape index (κ1) is 13.3. The average Bonchev–Trinajstić information content (AvgIpc) is 2.24. The fraction of sp³-hybridized carbons (Fsp3) is 0.400. The van der Waals surface area contributed by atoms with Crippen molar-refractivity contribution in [3.63, 3.8) is 0 Å². The third-order valence-corrected chi connectivity index (χ3v) is 2.91. The number of benzene rings is 1. The molecule has 0 fully saturated rings. The number of allylic oxidation sites excluding steroid dienone is 1. The first-order valence-electron chi connectivity index (χ1n) is 5.98. The summed E-state index contributed by atoms with van der Waals surface area (Å²) >= 11 is 0. The van der Waals surface area contributed by atoms with Crippen molar-refractivity contribution in [3.8, 4) is 6.07 Å². The van der Waals surface area contributed by atoms with Gasteiger partial charge in [0.1, 0.15) is 0 Å². The standard InChI is InChI=1S/C15H20N2/c1-5-6-13(9-16)15(17)14-11(3)7-10(2)8-12(14)4/h7-8H,5-6,17H2,1-4H3. The number of hydrogen-bond donors (Lipinski definition) is 1. The van der Waals surface area contributed by atoms with Crippen LogP contribution in [0.2, 0.25) is 0 Å². The molecule has 0 bridgehead atoms. The van der Waals surface area contributed by atoms with E-state index in [0.717, 1.165) is 29.5 Å². The van der Waals surface area contributed by atoms with Crippen molar-refractivity contribution in [1.82, 2.24) is 0 Å². The van der Waals surface area contributed by atoms with Crippen LogP contribution in [-0.2, 0) is 0 Å². The van der Waals surface area contributed by atoms with E-state index < -0.39 is 0 Å². The van der Waals surface area contributed by atoms with Crippen LogP contribution in [0.5, 0.6) is 0 Å². The summed E-state index contributed by atoms with van der Waals surface area (Å²) in [6.45, 7) is 8.21. The van der Waals surface area contributed by atoms with Gasteiger partial charge in [-0.1, -0.05) is 31.0 Å². The third-order valence-electron chi connectivity index (χ3n) is 2.91. The lowest BCUT2D eigenvalue weighted by Gasteiger charge is -2.13. The molecule has 1 aromatic rings. The summed E-state index contributed by atoms with van der Waals surface area (Å²) in [5, 5.41) is 9.14. The molecule has 0 saturated carbocycles. The number of hydrogen-bond acceptors (Lipinski definition) is 2. The lowest BCUT2D eigenvalue weighted by Crippen LogP contribution is -2.05. The SMILES string of the molecule is CCCC(C#N)=C(N)c1c(C)cc(C)cc1C. The summed E-state index contributed by atoms with van der Waals surface area (Å²) in [4.78, 5) is 0. The second kappa shape index (κ2) is 5.54. The molecular formula is C15H20N2.